The smallest absolute Gasteiger partial charge is 0.320 e. The molecule has 0 rings (SSSR count). The maximum Gasteiger partial charge on any atom is 0.320 e. The average molecular weight is 306 g/mol. The lowest BCUT2D eigenvalue weighted by Gasteiger charge is -2.02. The van der Waals surface area contributed by atoms with Crippen LogP contribution in [0.4, 0.5) is 0 Å². The Morgan fingerprint density at radius 2 is 1.33 bits per heavy atom. The van der Waals surface area contributed by atoms with Crippen molar-refractivity contribution >= 4 is 24.2 Å². The third-order valence-corrected chi connectivity index (χ3v) is 2.38. The van der Waals surface area contributed by atoms with Crippen molar-refractivity contribution in [1.29, 1.82) is 0 Å². The van der Waals surface area contributed by atoms with Crippen molar-refractivity contribution in [3.8, 4) is 0 Å². The first kappa shape index (κ1) is 21.3. The molecule has 0 fully saturated rings. The van der Waals surface area contributed by atoms with Crippen LogP contribution in [0.2, 0.25) is 0 Å². The van der Waals surface area contributed by atoms with Crippen LogP contribution in [0.3, 0.4) is 0 Å². The van der Waals surface area contributed by atoms with Gasteiger partial charge in [-0.05, 0) is 25.7 Å². The monoisotopic (exact) mass is 306 g/mol. The first-order chi connectivity index (χ1) is 9.72. The Balaban J connectivity index is 0. The molecule has 0 aliphatic carbocycles. The molecule has 0 aromatic carbocycles. The van der Waals surface area contributed by atoms with Crippen molar-refractivity contribution in [2.24, 2.45) is 11.5 Å². The molecule has 0 aromatic heterocycles. The van der Waals surface area contributed by atoms with Crippen LogP contribution in [0.5, 0.6) is 0 Å². The Labute approximate surface area is 121 Å². The summed E-state index contributed by atoms with van der Waals surface area (Å²) in [4.78, 5) is 39.9. The van der Waals surface area contributed by atoms with Gasteiger partial charge in [0.05, 0.1) is 0 Å². The molecule has 0 aromatic rings. The van der Waals surface area contributed by atoms with Gasteiger partial charge in [0.15, 0.2) is 0 Å². The van der Waals surface area contributed by atoms with E-state index in [0.29, 0.717) is 25.7 Å². The number of carbonyl (C=O) groups is 4. The molecule has 9 nitrogen and oxygen atoms in total. The Bertz CT molecular complexity index is 346. The number of hydrogen-bond acceptors (Lipinski definition) is 6. The van der Waals surface area contributed by atoms with Gasteiger partial charge in [-0.3, -0.25) is 14.4 Å². The number of aldehydes is 1. The molecule has 0 heterocycles. The Hall–Kier alpha value is -2.00. The van der Waals surface area contributed by atoms with E-state index in [9.17, 15) is 19.2 Å². The maximum absolute atomic E-state index is 10.1. The quantitative estimate of drug-likeness (QED) is 0.260. The van der Waals surface area contributed by atoms with Crippen LogP contribution in [0.25, 0.3) is 0 Å². The van der Waals surface area contributed by atoms with Crippen molar-refractivity contribution in [3.63, 3.8) is 0 Å². The van der Waals surface area contributed by atoms with Gasteiger partial charge in [-0.15, -0.1) is 0 Å². The van der Waals surface area contributed by atoms with Crippen LogP contribution < -0.4 is 11.5 Å². The van der Waals surface area contributed by atoms with E-state index >= 15 is 0 Å². The largest absolute Gasteiger partial charge is 0.481 e. The molecule has 122 valence electrons. The minimum Gasteiger partial charge on any atom is -0.481 e. The van der Waals surface area contributed by atoms with E-state index < -0.39 is 30.0 Å². The summed E-state index contributed by atoms with van der Waals surface area (Å²) >= 11 is 0. The van der Waals surface area contributed by atoms with Gasteiger partial charge in [0.1, 0.15) is 18.4 Å². The number of rotatable bonds is 10. The predicted molar refractivity (Wildman–Crippen MR) is 72.6 cm³/mol. The van der Waals surface area contributed by atoms with Crippen LogP contribution in [-0.4, -0.2) is 51.6 Å². The minimum atomic E-state index is -1.09. The van der Waals surface area contributed by atoms with Crippen molar-refractivity contribution in [1.82, 2.24) is 0 Å². The molecule has 0 radical (unpaired) electrons. The molecule has 0 spiro atoms. The summed E-state index contributed by atoms with van der Waals surface area (Å²) in [5.41, 5.74) is 10.3. The summed E-state index contributed by atoms with van der Waals surface area (Å²) in [7, 11) is 0. The second kappa shape index (κ2) is 13.0. The number of carboxylic acids is 3. The Morgan fingerprint density at radius 1 is 0.905 bits per heavy atom. The van der Waals surface area contributed by atoms with Crippen molar-refractivity contribution < 1.29 is 34.5 Å². The summed E-state index contributed by atoms with van der Waals surface area (Å²) in [5, 5.41) is 24.7. The fourth-order valence-corrected chi connectivity index (χ4v) is 1.14. The molecule has 0 aliphatic heterocycles. The van der Waals surface area contributed by atoms with Gasteiger partial charge in [0.2, 0.25) is 0 Å². The van der Waals surface area contributed by atoms with Crippen LogP contribution >= 0.6 is 0 Å². The van der Waals surface area contributed by atoms with Crippen molar-refractivity contribution in [2.75, 3.05) is 0 Å². The van der Waals surface area contributed by atoms with Gasteiger partial charge in [-0.2, -0.15) is 0 Å². The fourth-order valence-electron chi connectivity index (χ4n) is 1.14. The molecule has 2 atom stereocenters. The van der Waals surface area contributed by atoms with Gasteiger partial charge < -0.3 is 31.6 Å². The van der Waals surface area contributed by atoms with Gasteiger partial charge in [-0.25, -0.2) is 0 Å². The third kappa shape index (κ3) is 15.9. The molecule has 0 amide bonds. The highest BCUT2D eigenvalue weighted by molar-refractivity contribution is 5.73. The van der Waals surface area contributed by atoms with Gasteiger partial charge in [-0.1, -0.05) is 0 Å². The molecule has 0 aliphatic rings. The second-order valence-electron chi connectivity index (χ2n) is 4.27. The number of aliphatic carboxylic acids is 3. The first-order valence-corrected chi connectivity index (χ1v) is 6.34. The van der Waals surface area contributed by atoms with E-state index in [0.717, 1.165) is 6.29 Å². The number of hydrogen-bond donors (Lipinski definition) is 5. The Morgan fingerprint density at radius 3 is 1.67 bits per heavy atom. The summed E-state index contributed by atoms with van der Waals surface area (Å²) in [5.74, 6) is -3.02. The standard InChI is InChI=1S/C6H11NO4.C6H11NO3/c7-4(6(10)11)2-1-3-5(8)9;7-5(6(9)10)3-1-2-4-8/h4H,1-3,7H2,(H,8,9)(H,10,11);4-5H,1-3,7H2,(H,9,10). The van der Waals surface area contributed by atoms with Crippen LogP contribution in [0.1, 0.15) is 38.5 Å². The second-order valence-corrected chi connectivity index (χ2v) is 4.27. The summed E-state index contributed by atoms with van der Waals surface area (Å²) in [6.45, 7) is 0. The van der Waals surface area contributed by atoms with Gasteiger partial charge >= 0.3 is 17.9 Å². The lowest BCUT2D eigenvalue weighted by molar-refractivity contribution is -0.140. The molecule has 9 heteroatoms. The Kier molecular flexibility index (Phi) is 13.2. The molecule has 7 N–H and O–H groups in total. The van der Waals surface area contributed by atoms with Crippen molar-refractivity contribution in [3.05, 3.63) is 0 Å². The van der Waals surface area contributed by atoms with E-state index in [2.05, 4.69) is 0 Å². The molecule has 0 saturated carbocycles. The van der Waals surface area contributed by atoms with Gasteiger partial charge in [0.25, 0.3) is 0 Å². The van der Waals surface area contributed by atoms with E-state index in [4.69, 9.17) is 26.8 Å². The van der Waals surface area contributed by atoms with E-state index in [-0.39, 0.29) is 12.8 Å². The minimum absolute atomic E-state index is 0.0268. The summed E-state index contributed by atoms with van der Waals surface area (Å²) in [6, 6.07) is -1.76. The molecule has 21 heavy (non-hydrogen) atoms. The normalized spacial score (nSPS) is 12.5. The zero-order chi connectivity index (χ0) is 16.8. The SMILES string of the molecule is NC(CCCC(=O)O)C(=O)O.NC(CCCC=O)C(=O)O. The van der Waals surface area contributed by atoms with E-state index in [1.807, 2.05) is 0 Å². The summed E-state index contributed by atoms with van der Waals surface area (Å²) < 4.78 is 0. The predicted octanol–water partition coefficient (Wildman–Crippen LogP) is -0.579. The van der Waals surface area contributed by atoms with Gasteiger partial charge in [0, 0.05) is 12.8 Å². The molecular weight excluding hydrogens is 284 g/mol. The lowest BCUT2D eigenvalue weighted by Crippen LogP contribution is -2.29. The number of carboxylic acid groups (broad SMARTS) is 3. The van der Waals surface area contributed by atoms with Crippen LogP contribution in [-0.2, 0) is 19.2 Å². The molecular formula is C12H22N2O7. The number of nitrogens with two attached hydrogens (primary N) is 2. The third-order valence-electron chi connectivity index (χ3n) is 2.38. The zero-order valence-electron chi connectivity index (χ0n) is 11.6. The fraction of sp³-hybridized carbons (Fsp3) is 0.667. The number of carbonyl (C=O) groups excluding carboxylic acids is 1. The van der Waals surface area contributed by atoms with E-state index in [1.165, 1.54) is 0 Å². The highest BCUT2D eigenvalue weighted by atomic mass is 16.4. The molecule has 0 bridgehead atoms. The topological polar surface area (TPSA) is 181 Å². The average Bonchev–Trinajstić information content (AvgIpc) is 2.38. The first-order valence-electron chi connectivity index (χ1n) is 6.34. The summed E-state index contributed by atoms with van der Waals surface area (Å²) in [6.07, 6.45) is 2.56. The van der Waals surface area contributed by atoms with E-state index in [1.54, 1.807) is 0 Å². The molecule has 0 saturated heterocycles. The number of unbranched alkanes of at least 4 members (excludes halogenated alkanes) is 1. The highest BCUT2D eigenvalue weighted by Gasteiger charge is 2.11. The lowest BCUT2D eigenvalue weighted by atomic mass is 10.1. The maximum atomic E-state index is 10.1. The van der Waals surface area contributed by atoms with Crippen LogP contribution in [0, 0.1) is 0 Å². The van der Waals surface area contributed by atoms with Crippen molar-refractivity contribution in [2.45, 2.75) is 50.6 Å². The van der Waals surface area contributed by atoms with Crippen LogP contribution in [0.15, 0.2) is 0 Å². The highest BCUT2D eigenvalue weighted by Crippen LogP contribution is 1.98. The molecule has 2 unspecified atom stereocenters. The zero-order valence-corrected chi connectivity index (χ0v) is 11.6.